The van der Waals surface area contributed by atoms with Crippen LogP contribution in [0.25, 0.3) is 0 Å². The Morgan fingerprint density at radius 3 is 2.40 bits per heavy atom. The summed E-state index contributed by atoms with van der Waals surface area (Å²) in [6.07, 6.45) is -3.07. The van der Waals surface area contributed by atoms with Gasteiger partial charge in [0.15, 0.2) is 5.03 Å². The van der Waals surface area contributed by atoms with E-state index >= 15 is 0 Å². The van der Waals surface area contributed by atoms with Gasteiger partial charge in [0.2, 0.25) is 11.2 Å². The van der Waals surface area contributed by atoms with Crippen molar-refractivity contribution in [3.05, 3.63) is 22.0 Å². The highest BCUT2D eigenvalue weighted by Crippen LogP contribution is 2.23. The minimum atomic E-state index is -4.48. The van der Waals surface area contributed by atoms with E-state index in [1.165, 1.54) is 0 Å². The van der Waals surface area contributed by atoms with Gasteiger partial charge in [-0.15, -0.1) is 0 Å². The Morgan fingerprint density at radius 2 is 2.00 bits per heavy atom. The number of aromatic amines is 1. The number of alkyl halides is 2. The Labute approximate surface area is 86.7 Å². The molecule has 0 spiro atoms. The molecule has 0 saturated heterocycles. The van der Waals surface area contributed by atoms with Crippen molar-refractivity contribution >= 4 is 19.7 Å². The Kier molecular flexibility index (Phi) is 3.00. The molecule has 0 aliphatic heterocycles. The normalized spacial score (nSPS) is 12.0. The molecule has 0 aliphatic carbocycles. The summed E-state index contributed by atoms with van der Waals surface area (Å²) in [7, 11) is 0.331. The minimum absolute atomic E-state index is 0.394. The van der Waals surface area contributed by atoms with E-state index in [1.807, 2.05) is 0 Å². The molecule has 15 heavy (non-hydrogen) atoms. The fourth-order valence-corrected chi connectivity index (χ4v) is 1.75. The van der Waals surface area contributed by atoms with Crippen molar-refractivity contribution in [2.75, 3.05) is 0 Å². The van der Waals surface area contributed by atoms with Crippen LogP contribution in [0.2, 0.25) is 0 Å². The maximum absolute atomic E-state index is 12.2. The molecule has 0 saturated carbocycles. The van der Waals surface area contributed by atoms with Gasteiger partial charge in [0.25, 0.3) is 15.5 Å². The molecule has 0 atom stereocenters. The highest BCUT2D eigenvalue weighted by molar-refractivity contribution is 8.13. The average molecular weight is 260 g/mol. The van der Waals surface area contributed by atoms with Gasteiger partial charge >= 0.3 is 0 Å². The molecule has 0 aliphatic rings. The summed E-state index contributed by atoms with van der Waals surface area (Å²) in [5, 5.41) is 7.85. The van der Waals surface area contributed by atoms with E-state index in [4.69, 9.17) is 15.8 Å². The van der Waals surface area contributed by atoms with Gasteiger partial charge in [0.05, 0.1) is 5.69 Å². The molecule has 2 N–H and O–H groups in total. The molecule has 0 radical (unpaired) electrons. The molecule has 0 amide bonds. The van der Waals surface area contributed by atoms with Crippen LogP contribution in [0.5, 0.6) is 5.75 Å². The zero-order valence-electron chi connectivity index (χ0n) is 6.87. The largest absolute Gasteiger partial charge is 0.502 e. The van der Waals surface area contributed by atoms with E-state index in [0.717, 1.165) is 0 Å². The predicted molar refractivity (Wildman–Crippen MR) is 46.7 cm³/mol. The average Bonchev–Trinajstić information content (AvgIpc) is 2.06. The summed E-state index contributed by atoms with van der Waals surface area (Å²) in [5.74, 6) is -1.21. The lowest BCUT2D eigenvalue weighted by molar-refractivity contribution is 0.145. The number of aromatic nitrogens is 1. The molecule has 1 aromatic rings. The van der Waals surface area contributed by atoms with Crippen molar-refractivity contribution in [3.8, 4) is 5.75 Å². The van der Waals surface area contributed by atoms with Crippen molar-refractivity contribution in [1.29, 1.82) is 0 Å². The quantitative estimate of drug-likeness (QED) is 0.774. The monoisotopic (exact) mass is 259 g/mol. The van der Waals surface area contributed by atoms with Crippen LogP contribution in [-0.2, 0) is 9.05 Å². The van der Waals surface area contributed by atoms with Crippen LogP contribution in [0.3, 0.4) is 0 Å². The van der Waals surface area contributed by atoms with Gasteiger partial charge in [-0.3, -0.25) is 4.79 Å². The first-order valence-corrected chi connectivity index (χ1v) is 5.73. The Morgan fingerprint density at radius 1 is 1.47 bits per heavy atom. The molecule has 5 nitrogen and oxygen atoms in total. The van der Waals surface area contributed by atoms with E-state index < -0.39 is 37.4 Å². The second-order valence-electron chi connectivity index (χ2n) is 2.51. The fourth-order valence-electron chi connectivity index (χ4n) is 0.842. The van der Waals surface area contributed by atoms with Crippen LogP contribution < -0.4 is 5.43 Å². The molecule has 0 aromatic carbocycles. The van der Waals surface area contributed by atoms with Gasteiger partial charge in [-0.05, 0) is 0 Å². The van der Waals surface area contributed by atoms with Gasteiger partial charge in [-0.2, -0.15) is 0 Å². The van der Waals surface area contributed by atoms with Crippen molar-refractivity contribution in [2.24, 2.45) is 0 Å². The van der Waals surface area contributed by atoms with Crippen molar-refractivity contribution in [3.63, 3.8) is 0 Å². The number of aromatic hydroxyl groups is 1. The second-order valence-corrected chi connectivity index (χ2v) is 5.01. The van der Waals surface area contributed by atoms with Crippen LogP contribution in [-0.4, -0.2) is 18.5 Å². The Balaban J connectivity index is 3.60. The number of halogens is 3. The van der Waals surface area contributed by atoms with E-state index in [-0.39, 0.29) is 0 Å². The number of hydrogen-bond donors (Lipinski definition) is 2. The smallest absolute Gasteiger partial charge is 0.280 e. The lowest BCUT2D eigenvalue weighted by Crippen LogP contribution is -2.10. The minimum Gasteiger partial charge on any atom is -0.502 e. The molecule has 0 fully saturated rings. The lowest BCUT2D eigenvalue weighted by Gasteiger charge is -2.04. The molecule has 1 heterocycles. The van der Waals surface area contributed by atoms with Crippen LogP contribution in [0, 0.1) is 0 Å². The fraction of sp³-hybridized carbons (Fsp3) is 0.167. The standard InChI is InChI=1S/C6H4ClF2NO4S/c7-15(13,14)6-4(12)3(11)1-2(10-6)5(8)9/h1,5,12H,(H,10,11). The summed E-state index contributed by atoms with van der Waals surface area (Å²) in [6, 6.07) is 0.394. The van der Waals surface area contributed by atoms with Crippen LogP contribution in [0.4, 0.5) is 8.78 Å². The first-order valence-electron chi connectivity index (χ1n) is 3.42. The third-order valence-corrected chi connectivity index (χ3v) is 2.72. The Hall–Kier alpha value is -1.15. The van der Waals surface area contributed by atoms with E-state index in [1.54, 1.807) is 4.98 Å². The summed E-state index contributed by atoms with van der Waals surface area (Å²) in [4.78, 5) is 12.6. The highest BCUT2D eigenvalue weighted by atomic mass is 35.7. The van der Waals surface area contributed by atoms with E-state index in [9.17, 15) is 22.0 Å². The molecular formula is C6H4ClF2NO4S. The predicted octanol–water partition coefficient (Wildman–Crippen LogP) is 0.946. The first-order chi connectivity index (χ1) is 6.73. The molecule has 84 valence electrons. The zero-order valence-corrected chi connectivity index (χ0v) is 8.44. The van der Waals surface area contributed by atoms with E-state index in [2.05, 4.69) is 0 Å². The third kappa shape index (κ3) is 2.45. The van der Waals surface area contributed by atoms with Crippen molar-refractivity contribution in [1.82, 2.24) is 4.98 Å². The topological polar surface area (TPSA) is 87.2 Å². The molecular weight excluding hydrogens is 256 g/mol. The summed E-state index contributed by atoms with van der Waals surface area (Å²) >= 11 is 0. The van der Waals surface area contributed by atoms with Gasteiger partial charge in [0, 0.05) is 16.7 Å². The van der Waals surface area contributed by atoms with Crippen molar-refractivity contribution < 1.29 is 22.3 Å². The van der Waals surface area contributed by atoms with Crippen molar-refractivity contribution in [2.45, 2.75) is 11.5 Å². The third-order valence-electron chi connectivity index (χ3n) is 1.47. The second kappa shape index (κ2) is 3.78. The summed E-state index contributed by atoms with van der Waals surface area (Å²) < 4.78 is 45.9. The number of H-pyrrole nitrogens is 1. The maximum atomic E-state index is 12.2. The Bertz CT molecular complexity index is 539. The maximum Gasteiger partial charge on any atom is 0.280 e. The molecule has 0 unspecified atom stereocenters. The van der Waals surface area contributed by atoms with Gasteiger partial charge < -0.3 is 10.1 Å². The molecule has 1 rings (SSSR count). The molecule has 9 heteroatoms. The molecule has 0 bridgehead atoms. The zero-order chi connectivity index (χ0) is 11.8. The summed E-state index contributed by atoms with van der Waals surface area (Å²) in [6.45, 7) is 0. The number of pyridine rings is 1. The van der Waals surface area contributed by atoms with Crippen LogP contribution >= 0.6 is 10.7 Å². The van der Waals surface area contributed by atoms with Crippen LogP contribution in [0.15, 0.2) is 15.9 Å². The number of hydrogen-bond acceptors (Lipinski definition) is 4. The number of nitrogens with one attached hydrogen (secondary N) is 1. The van der Waals surface area contributed by atoms with Crippen LogP contribution in [0.1, 0.15) is 12.1 Å². The van der Waals surface area contributed by atoms with E-state index in [0.29, 0.717) is 6.07 Å². The number of rotatable bonds is 2. The summed E-state index contributed by atoms with van der Waals surface area (Å²) in [5.41, 5.74) is -2.18. The SMILES string of the molecule is O=c1cc(C(F)F)[nH]c(S(=O)(=O)Cl)c1O. The lowest BCUT2D eigenvalue weighted by atomic mass is 10.3. The van der Waals surface area contributed by atoms with Gasteiger partial charge in [-0.1, -0.05) is 0 Å². The highest BCUT2D eigenvalue weighted by Gasteiger charge is 2.22. The first kappa shape index (κ1) is 11.9. The van der Waals surface area contributed by atoms with Gasteiger partial charge in [0.1, 0.15) is 0 Å². The van der Waals surface area contributed by atoms with Gasteiger partial charge in [-0.25, -0.2) is 17.2 Å². The molecule has 1 aromatic heterocycles.